The summed E-state index contributed by atoms with van der Waals surface area (Å²) in [6, 6.07) is 21.2. The van der Waals surface area contributed by atoms with Crippen molar-refractivity contribution < 1.29 is 24.2 Å². The number of likely N-dealkylation sites (N-methyl/N-ethyl adjacent to an activating group) is 1. The fraction of sp³-hybridized carbons (Fsp3) is 0.290. The summed E-state index contributed by atoms with van der Waals surface area (Å²) >= 11 is 0. The molecule has 198 valence electrons. The van der Waals surface area contributed by atoms with Gasteiger partial charge in [-0.1, -0.05) is 44.2 Å². The van der Waals surface area contributed by atoms with Crippen LogP contribution >= 0.6 is 0 Å². The van der Waals surface area contributed by atoms with Gasteiger partial charge in [-0.3, -0.25) is 9.59 Å². The van der Waals surface area contributed by atoms with Gasteiger partial charge in [-0.15, -0.1) is 0 Å². The summed E-state index contributed by atoms with van der Waals surface area (Å²) in [6.07, 6.45) is 0. The first-order chi connectivity index (χ1) is 18.4. The topological polar surface area (TPSA) is 79.3 Å². The number of Topliss-reactive ketones (excluding diaryl/α,β-unsaturated/α-hetero) is 1. The average molecular weight is 515 g/mol. The number of rotatable bonds is 10. The minimum absolute atomic E-state index is 0.0691. The number of aryl methyl sites for hydroxylation is 1. The molecule has 0 unspecified atom stereocenters. The Morgan fingerprint density at radius 2 is 1.63 bits per heavy atom. The van der Waals surface area contributed by atoms with Crippen LogP contribution in [0.1, 0.15) is 36.6 Å². The highest BCUT2D eigenvalue weighted by molar-refractivity contribution is 6.46. The van der Waals surface area contributed by atoms with Crippen LogP contribution in [-0.4, -0.2) is 59.9 Å². The molecule has 1 aliphatic rings. The van der Waals surface area contributed by atoms with E-state index >= 15 is 0 Å². The van der Waals surface area contributed by atoms with E-state index in [1.165, 1.54) is 0 Å². The molecule has 3 aromatic rings. The Hall–Kier alpha value is -4.10. The quantitative estimate of drug-likeness (QED) is 0.217. The highest BCUT2D eigenvalue weighted by Gasteiger charge is 2.46. The summed E-state index contributed by atoms with van der Waals surface area (Å²) in [7, 11) is 1.57. The van der Waals surface area contributed by atoms with E-state index in [1.807, 2.05) is 61.5 Å². The van der Waals surface area contributed by atoms with Crippen LogP contribution in [0.4, 0.5) is 0 Å². The third-order valence-electron chi connectivity index (χ3n) is 6.93. The zero-order chi connectivity index (χ0) is 27.2. The van der Waals surface area contributed by atoms with Crippen molar-refractivity contribution in [2.24, 2.45) is 0 Å². The number of aliphatic hydroxyl groups excluding tert-OH is 1. The number of carbonyl (C=O) groups excluding carboxylic acids is 2. The number of nitrogens with zero attached hydrogens (tertiary/aromatic N) is 2. The van der Waals surface area contributed by atoms with Crippen LogP contribution in [0.3, 0.4) is 0 Å². The van der Waals surface area contributed by atoms with Crippen LogP contribution in [-0.2, 0) is 9.59 Å². The van der Waals surface area contributed by atoms with Crippen molar-refractivity contribution >= 4 is 17.4 Å². The van der Waals surface area contributed by atoms with Crippen LogP contribution < -0.4 is 9.47 Å². The summed E-state index contributed by atoms with van der Waals surface area (Å²) in [6.45, 7) is 8.57. The molecule has 1 heterocycles. The Bertz CT molecular complexity index is 1330. The number of hydrogen-bond donors (Lipinski definition) is 1. The molecular weight excluding hydrogens is 480 g/mol. The number of benzene rings is 3. The van der Waals surface area contributed by atoms with Crippen molar-refractivity contribution in [2.75, 3.05) is 33.3 Å². The lowest BCUT2D eigenvalue weighted by Gasteiger charge is -2.28. The van der Waals surface area contributed by atoms with E-state index in [-0.39, 0.29) is 11.3 Å². The SMILES string of the molecule is CCN(CC)CCN1C(=O)C(=O)/C(=C(/O)c2ccc(OC)cc2C)[C@@H]1c1cccc(Oc2ccccc2)c1. The van der Waals surface area contributed by atoms with Gasteiger partial charge < -0.3 is 24.4 Å². The molecule has 0 aliphatic carbocycles. The van der Waals surface area contributed by atoms with Crippen LogP contribution in [0.25, 0.3) is 5.76 Å². The number of amides is 1. The van der Waals surface area contributed by atoms with Gasteiger partial charge in [0.1, 0.15) is 23.0 Å². The zero-order valence-corrected chi connectivity index (χ0v) is 22.3. The summed E-state index contributed by atoms with van der Waals surface area (Å²) in [4.78, 5) is 30.5. The van der Waals surface area contributed by atoms with Gasteiger partial charge in [0.2, 0.25) is 0 Å². The number of hydrogen-bond acceptors (Lipinski definition) is 6. The van der Waals surface area contributed by atoms with Gasteiger partial charge in [0.05, 0.1) is 18.7 Å². The maximum atomic E-state index is 13.4. The molecule has 3 aromatic carbocycles. The normalized spacial score (nSPS) is 16.8. The van der Waals surface area contributed by atoms with Gasteiger partial charge in [-0.2, -0.15) is 0 Å². The lowest BCUT2D eigenvalue weighted by Crippen LogP contribution is -2.38. The fourth-order valence-corrected chi connectivity index (χ4v) is 4.79. The van der Waals surface area contributed by atoms with Crippen molar-refractivity contribution in [1.82, 2.24) is 9.80 Å². The number of methoxy groups -OCH3 is 1. The number of para-hydroxylation sites is 1. The first-order valence-electron chi connectivity index (χ1n) is 12.9. The first kappa shape index (κ1) is 26.9. The smallest absolute Gasteiger partial charge is 0.295 e. The van der Waals surface area contributed by atoms with Gasteiger partial charge in [0.15, 0.2) is 0 Å². The lowest BCUT2D eigenvalue weighted by molar-refractivity contribution is -0.140. The molecule has 0 bridgehead atoms. The largest absolute Gasteiger partial charge is 0.507 e. The second kappa shape index (κ2) is 12.0. The molecule has 4 rings (SSSR count). The summed E-state index contributed by atoms with van der Waals surface area (Å²) in [5, 5.41) is 11.5. The minimum Gasteiger partial charge on any atom is -0.507 e. The Balaban J connectivity index is 1.80. The molecule has 0 radical (unpaired) electrons. The van der Waals surface area contributed by atoms with Crippen LogP contribution in [0.15, 0.2) is 78.4 Å². The Kier molecular flexibility index (Phi) is 8.48. The zero-order valence-electron chi connectivity index (χ0n) is 22.3. The third kappa shape index (κ3) is 5.58. The van der Waals surface area contributed by atoms with E-state index in [1.54, 1.807) is 30.2 Å². The minimum atomic E-state index is -0.758. The van der Waals surface area contributed by atoms with E-state index in [4.69, 9.17) is 9.47 Å². The molecule has 1 fully saturated rings. The molecule has 7 heteroatoms. The number of aliphatic hydroxyl groups is 1. The molecule has 0 aromatic heterocycles. The summed E-state index contributed by atoms with van der Waals surface area (Å²) < 4.78 is 11.3. The molecule has 1 aliphatic heterocycles. The summed E-state index contributed by atoms with van der Waals surface area (Å²) in [5.74, 6) is 0.368. The predicted molar refractivity (Wildman–Crippen MR) is 147 cm³/mol. The Morgan fingerprint density at radius 3 is 2.29 bits per heavy atom. The van der Waals surface area contributed by atoms with Crippen molar-refractivity contribution in [1.29, 1.82) is 0 Å². The molecular formula is C31H34N2O5. The maximum absolute atomic E-state index is 13.4. The van der Waals surface area contributed by atoms with E-state index in [0.717, 1.165) is 18.7 Å². The average Bonchev–Trinajstić information content (AvgIpc) is 3.19. The van der Waals surface area contributed by atoms with Crippen LogP contribution in [0, 0.1) is 6.92 Å². The monoisotopic (exact) mass is 514 g/mol. The van der Waals surface area contributed by atoms with E-state index in [9.17, 15) is 14.7 Å². The van der Waals surface area contributed by atoms with Gasteiger partial charge in [-0.25, -0.2) is 0 Å². The van der Waals surface area contributed by atoms with E-state index in [0.29, 0.717) is 41.5 Å². The fourth-order valence-electron chi connectivity index (χ4n) is 4.79. The molecule has 1 saturated heterocycles. The summed E-state index contributed by atoms with van der Waals surface area (Å²) in [5.41, 5.74) is 1.97. The lowest BCUT2D eigenvalue weighted by atomic mass is 9.93. The highest BCUT2D eigenvalue weighted by Crippen LogP contribution is 2.41. The Morgan fingerprint density at radius 1 is 0.921 bits per heavy atom. The molecule has 1 atom stereocenters. The molecule has 0 spiro atoms. The number of likely N-dealkylation sites (tertiary alicyclic amines) is 1. The van der Waals surface area contributed by atoms with E-state index in [2.05, 4.69) is 18.7 Å². The van der Waals surface area contributed by atoms with Gasteiger partial charge in [0.25, 0.3) is 11.7 Å². The van der Waals surface area contributed by atoms with Crippen molar-refractivity contribution in [3.63, 3.8) is 0 Å². The molecule has 1 amide bonds. The standard InChI is InChI=1S/C31H34N2O5/c1-5-32(6-2)17-18-33-28(22-11-10-14-25(20-22)38-23-12-8-7-9-13-23)27(30(35)31(33)36)29(34)26-16-15-24(37-4)19-21(26)3/h7-16,19-20,28,34H,5-6,17-18H2,1-4H3/b29-27+/t28-/m0/s1. The third-order valence-corrected chi connectivity index (χ3v) is 6.93. The first-order valence-corrected chi connectivity index (χ1v) is 12.9. The number of ketones is 1. The molecule has 1 N–H and O–H groups in total. The molecule has 0 saturated carbocycles. The van der Waals surface area contributed by atoms with Crippen LogP contribution in [0.5, 0.6) is 17.2 Å². The van der Waals surface area contributed by atoms with Gasteiger partial charge in [0, 0.05) is 18.7 Å². The maximum Gasteiger partial charge on any atom is 0.295 e. The number of carbonyl (C=O) groups is 2. The van der Waals surface area contributed by atoms with Gasteiger partial charge in [-0.05, 0) is 73.6 Å². The van der Waals surface area contributed by atoms with Crippen molar-refractivity contribution in [2.45, 2.75) is 26.8 Å². The molecule has 7 nitrogen and oxygen atoms in total. The van der Waals surface area contributed by atoms with Gasteiger partial charge >= 0.3 is 0 Å². The van der Waals surface area contributed by atoms with Crippen molar-refractivity contribution in [3.05, 3.63) is 95.1 Å². The number of ether oxygens (including phenoxy) is 2. The van der Waals surface area contributed by atoms with Crippen molar-refractivity contribution in [3.8, 4) is 17.2 Å². The molecule has 38 heavy (non-hydrogen) atoms. The second-order valence-electron chi connectivity index (χ2n) is 9.19. The highest BCUT2D eigenvalue weighted by atomic mass is 16.5. The Labute approximate surface area is 223 Å². The second-order valence-corrected chi connectivity index (χ2v) is 9.19. The van der Waals surface area contributed by atoms with Crippen LogP contribution in [0.2, 0.25) is 0 Å². The predicted octanol–water partition coefficient (Wildman–Crippen LogP) is 5.56. The van der Waals surface area contributed by atoms with E-state index < -0.39 is 17.7 Å².